The summed E-state index contributed by atoms with van der Waals surface area (Å²) in [4.78, 5) is 4.21. The average Bonchev–Trinajstić information content (AvgIpc) is 2.66. The van der Waals surface area contributed by atoms with Gasteiger partial charge < -0.3 is 0 Å². The van der Waals surface area contributed by atoms with Gasteiger partial charge in [0.1, 0.15) is 11.6 Å². The van der Waals surface area contributed by atoms with Gasteiger partial charge in [0.2, 0.25) is 0 Å². The first kappa shape index (κ1) is 11.1. The van der Waals surface area contributed by atoms with Crippen molar-refractivity contribution >= 4 is 11.6 Å². The Kier molecular flexibility index (Phi) is 2.92. The summed E-state index contributed by atoms with van der Waals surface area (Å²) in [5, 5.41) is 7.05. The van der Waals surface area contributed by atoms with Gasteiger partial charge in [-0.1, -0.05) is 31.5 Å². The molecule has 16 heavy (non-hydrogen) atoms. The SMILES string of the molecule is CC(C)c1nc(-c2c(F)cccc2Cl)n[nH]1. The van der Waals surface area contributed by atoms with Crippen LogP contribution in [0.5, 0.6) is 0 Å². The summed E-state index contributed by atoms with van der Waals surface area (Å²) < 4.78 is 13.6. The number of nitrogens with zero attached hydrogens (tertiary/aromatic N) is 2. The number of aromatic nitrogens is 3. The zero-order chi connectivity index (χ0) is 11.7. The summed E-state index contributed by atoms with van der Waals surface area (Å²) in [6.45, 7) is 3.96. The van der Waals surface area contributed by atoms with E-state index in [9.17, 15) is 4.39 Å². The quantitative estimate of drug-likeness (QED) is 0.873. The second kappa shape index (κ2) is 4.22. The minimum absolute atomic E-state index is 0.215. The molecule has 0 atom stereocenters. The number of H-pyrrole nitrogens is 1. The molecule has 0 aliphatic heterocycles. The lowest BCUT2D eigenvalue weighted by Crippen LogP contribution is -1.90. The molecular formula is C11H11ClFN3. The van der Waals surface area contributed by atoms with Crippen LogP contribution < -0.4 is 0 Å². The lowest BCUT2D eigenvalue weighted by atomic mass is 10.2. The highest BCUT2D eigenvalue weighted by atomic mass is 35.5. The lowest BCUT2D eigenvalue weighted by molar-refractivity contribution is 0.630. The van der Waals surface area contributed by atoms with Crippen LogP contribution in [0.1, 0.15) is 25.6 Å². The van der Waals surface area contributed by atoms with Gasteiger partial charge in [-0.05, 0) is 12.1 Å². The van der Waals surface area contributed by atoms with Crippen molar-refractivity contribution in [1.29, 1.82) is 0 Å². The summed E-state index contributed by atoms with van der Waals surface area (Å²) >= 11 is 5.92. The van der Waals surface area contributed by atoms with E-state index in [0.29, 0.717) is 16.7 Å². The molecule has 0 spiro atoms. The molecule has 0 aliphatic carbocycles. The van der Waals surface area contributed by atoms with Crippen molar-refractivity contribution in [2.24, 2.45) is 0 Å². The Balaban J connectivity index is 2.50. The van der Waals surface area contributed by atoms with Gasteiger partial charge in [0.05, 0.1) is 10.6 Å². The molecule has 2 aromatic rings. The molecule has 5 heteroatoms. The smallest absolute Gasteiger partial charge is 0.185 e. The summed E-state index contributed by atoms with van der Waals surface area (Å²) in [6, 6.07) is 4.51. The Morgan fingerprint density at radius 1 is 1.38 bits per heavy atom. The van der Waals surface area contributed by atoms with Gasteiger partial charge in [-0.3, -0.25) is 5.10 Å². The molecule has 0 bridgehead atoms. The van der Waals surface area contributed by atoms with Crippen molar-refractivity contribution in [2.75, 3.05) is 0 Å². The molecule has 1 N–H and O–H groups in total. The largest absolute Gasteiger partial charge is 0.262 e. The second-order valence-corrected chi connectivity index (χ2v) is 4.20. The van der Waals surface area contributed by atoms with E-state index in [0.717, 1.165) is 0 Å². The zero-order valence-corrected chi connectivity index (χ0v) is 9.72. The van der Waals surface area contributed by atoms with Crippen LogP contribution in [0.25, 0.3) is 11.4 Å². The minimum Gasteiger partial charge on any atom is -0.262 e. The molecule has 3 nitrogen and oxygen atoms in total. The third-order valence-electron chi connectivity index (χ3n) is 2.24. The maximum Gasteiger partial charge on any atom is 0.185 e. The van der Waals surface area contributed by atoms with Crippen molar-refractivity contribution in [3.05, 3.63) is 34.9 Å². The van der Waals surface area contributed by atoms with E-state index < -0.39 is 5.82 Å². The van der Waals surface area contributed by atoms with Crippen molar-refractivity contribution in [2.45, 2.75) is 19.8 Å². The normalized spacial score (nSPS) is 11.1. The van der Waals surface area contributed by atoms with Crippen LogP contribution in [0.2, 0.25) is 5.02 Å². The fraction of sp³-hybridized carbons (Fsp3) is 0.273. The number of halogens is 2. The van der Waals surface area contributed by atoms with Gasteiger partial charge in [0.15, 0.2) is 5.82 Å². The van der Waals surface area contributed by atoms with E-state index in [-0.39, 0.29) is 11.5 Å². The predicted octanol–water partition coefficient (Wildman–Crippen LogP) is 3.39. The van der Waals surface area contributed by atoms with Crippen molar-refractivity contribution < 1.29 is 4.39 Å². The molecule has 0 saturated heterocycles. The average molecular weight is 240 g/mol. The Morgan fingerprint density at radius 3 is 2.69 bits per heavy atom. The first-order chi connectivity index (χ1) is 7.59. The van der Waals surface area contributed by atoms with E-state index in [1.807, 2.05) is 13.8 Å². The molecule has 2 rings (SSSR count). The first-order valence-corrected chi connectivity index (χ1v) is 5.34. The number of benzene rings is 1. The summed E-state index contributed by atoms with van der Waals surface area (Å²) in [7, 11) is 0. The Hall–Kier alpha value is -1.42. The van der Waals surface area contributed by atoms with Crippen LogP contribution in [-0.2, 0) is 0 Å². The van der Waals surface area contributed by atoms with Gasteiger partial charge in [0, 0.05) is 5.92 Å². The van der Waals surface area contributed by atoms with Crippen LogP contribution in [0.15, 0.2) is 18.2 Å². The van der Waals surface area contributed by atoms with Gasteiger partial charge in [0.25, 0.3) is 0 Å². The lowest BCUT2D eigenvalue weighted by Gasteiger charge is -2.00. The highest BCUT2D eigenvalue weighted by Crippen LogP contribution is 2.28. The zero-order valence-electron chi connectivity index (χ0n) is 8.96. The van der Waals surface area contributed by atoms with Crippen LogP contribution in [0.4, 0.5) is 4.39 Å². The second-order valence-electron chi connectivity index (χ2n) is 3.80. The van der Waals surface area contributed by atoms with Crippen LogP contribution in [0.3, 0.4) is 0 Å². The van der Waals surface area contributed by atoms with Gasteiger partial charge in [-0.15, -0.1) is 0 Å². The van der Waals surface area contributed by atoms with Crippen molar-refractivity contribution in [1.82, 2.24) is 15.2 Å². The van der Waals surface area contributed by atoms with E-state index in [4.69, 9.17) is 11.6 Å². The molecule has 0 aliphatic rings. The fourth-order valence-corrected chi connectivity index (χ4v) is 1.60. The minimum atomic E-state index is -0.415. The topological polar surface area (TPSA) is 41.6 Å². The molecule has 0 saturated carbocycles. The van der Waals surface area contributed by atoms with E-state index in [1.54, 1.807) is 12.1 Å². The van der Waals surface area contributed by atoms with Crippen molar-refractivity contribution in [3.8, 4) is 11.4 Å². The predicted molar refractivity (Wildman–Crippen MR) is 60.9 cm³/mol. The Labute approximate surface area is 97.7 Å². The maximum absolute atomic E-state index is 13.6. The molecule has 0 fully saturated rings. The first-order valence-electron chi connectivity index (χ1n) is 4.96. The molecule has 0 unspecified atom stereocenters. The number of nitrogens with one attached hydrogen (secondary N) is 1. The standard InChI is InChI=1S/C11H11ClFN3/c1-6(2)10-14-11(16-15-10)9-7(12)4-3-5-8(9)13/h3-6H,1-2H3,(H,14,15,16). The van der Waals surface area contributed by atoms with Crippen LogP contribution >= 0.6 is 11.6 Å². The maximum atomic E-state index is 13.6. The summed E-state index contributed by atoms with van der Waals surface area (Å²) in [6.07, 6.45) is 0. The monoisotopic (exact) mass is 239 g/mol. The highest BCUT2D eigenvalue weighted by Gasteiger charge is 2.15. The molecule has 1 aromatic carbocycles. The van der Waals surface area contributed by atoms with E-state index >= 15 is 0 Å². The van der Waals surface area contributed by atoms with Gasteiger partial charge in [-0.2, -0.15) is 5.10 Å². The number of rotatable bonds is 2. The fourth-order valence-electron chi connectivity index (χ4n) is 1.36. The molecule has 1 heterocycles. The Morgan fingerprint density at radius 2 is 2.12 bits per heavy atom. The van der Waals surface area contributed by atoms with Gasteiger partial charge in [-0.25, -0.2) is 9.37 Å². The highest BCUT2D eigenvalue weighted by molar-refractivity contribution is 6.33. The third kappa shape index (κ3) is 1.93. The Bertz CT molecular complexity index is 487. The van der Waals surface area contributed by atoms with Gasteiger partial charge >= 0.3 is 0 Å². The van der Waals surface area contributed by atoms with Crippen LogP contribution in [0, 0.1) is 5.82 Å². The number of hydrogen-bond acceptors (Lipinski definition) is 2. The summed E-state index contributed by atoms with van der Waals surface area (Å²) in [5.41, 5.74) is 0.243. The molecule has 0 amide bonds. The molecule has 0 radical (unpaired) electrons. The van der Waals surface area contributed by atoms with E-state index in [1.165, 1.54) is 6.07 Å². The molecular weight excluding hydrogens is 229 g/mol. The van der Waals surface area contributed by atoms with E-state index in [2.05, 4.69) is 15.2 Å². The summed E-state index contributed by atoms with van der Waals surface area (Å²) in [5.74, 6) is 0.815. The molecule has 1 aromatic heterocycles. The van der Waals surface area contributed by atoms with Crippen molar-refractivity contribution in [3.63, 3.8) is 0 Å². The third-order valence-corrected chi connectivity index (χ3v) is 2.55. The van der Waals surface area contributed by atoms with Crippen LogP contribution in [-0.4, -0.2) is 15.2 Å². The number of hydrogen-bond donors (Lipinski definition) is 1. The molecule has 84 valence electrons. The number of aromatic amines is 1.